The molecule has 0 saturated heterocycles. The van der Waals surface area contributed by atoms with Crippen LogP contribution in [0.2, 0.25) is 0 Å². The predicted molar refractivity (Wildman–Crippen MR) is 92.6 cm³/mol. The quantitative estimate of drug-likeness (QED) is 0.592. The summed E-state index contributed by atoms with van der Waals surface area (Å²) in [5.74, 6) is -0.311. The highest BCUT2D eigenvalue weighted by atomic mass is 16.1. The molecular weight excluding hydrogens is 304 g/mol. The summed E-state index contributed by atoms with van der Waals surface area (Å²) in [5.41, 5.74) is 3.69. The van der Waals surface area contributed by atoms with Gasteiger partial charge in [-0.3, -0.25) is 9.59 Å². The molecule has 0 unspecified atom stereocenters. The van der Waals surface area contributed by atoms with Crippen molar-refractivity contribution >= 4 is 34.5 Å². The second-order valence-corrected chi connectivity index (χ2v) is 5.42. The van der Waals surface area contributed by atoms with Crippen molar-refractivity contribution in [2.75, 3.05) is 5.32 Å². The van der Waals surface area contributed by atoms with E-state index >= 15 is 0 Å². The molecular formula is C18H16N4O2. The number of hydrogen-bond donors (Lipinski definition) is 1. The summed E-state index contributed by atoms with van der Waals surface area (Å²) in [6, 6.07) is 12.5. The van der Waals surface area contributed by atoms with Crippen LogP contribution in [-0.2, 0) is 11.8 Å². The Morgan fingerprint density at radius 1 is 1.17 bits per heavy atom. The molecule has 0 bridgehead atoms. The first-order valence-electron chi connectivity index (χ1n) is 7.42. The van der Waals surface area contributed by atoms with Gasteiger partial charge >= 0.3 is 0 Å². The first-order valence-corrected chi connectivity index (χ1v) is 7.42. The van der Waals surface area contributed by atoms with Gasteiger partial charge in [-0.15, -0.1) is 5.10 Å². The van der Waals surface area contributed by atoms with Crippen molar-refractivity contribution in [1.82, 2.24) is 15.0 Å². The standard InChI is InChI=1S/C18H16N4O2/c1-12(23)19-15-5-3-4-14(11-15)18(24)9-7-13-6-8-17-16(10-13)20-21-22(17)2/h3-11H,1-2H3,(H,19,23)/b9-7+. The topological polar surface area (TPSA) is 76.9 Å². The van der Waals surface area contributed by atoms with Crippen LogP contribution in [0.5, 0.6) is 0 Å². The molecule has 2 aromatic carbocycles. The molecule has 3 aromatic rings. The summed E-state index contributed by atoms with van der Waals surface area (Å²) in [7, 11) is 1.83. The Hall–Kier alpha value is -3.28. The fourth-order valence-electron chi connectivity index (χ4n) is 2.38. The van der Waals surface area contributed by atoms with E-state index in [0.29, 0.717) is 11.3 Å². The molecule has 1 heterocycles. The Morgan fingerprint density at radius 3 is 2.79 bits per heavy atom. The number of carbonyl (C=O) groups is 2. The van der Waals surface area contributed by atoms with Crippen molar-refractivity contribution in [2.45, 2.75) is 6.92 Å². The number of nitrogens with zero attached hydrogens (tertiary/aromatic N) is 3. The zero-order chi connectivity index (χ0) is 17.1. The highest BCUT2D eigenvalue weighted by Gasteiger charge is 2.05. The third-order valence-corrected chi connectivity index (χ3v) is 3.53. The molecule has 0 radical (unpaired) electrons. The van der Waals surface area contributed by atoms with Gasteiger partial charge in [0, 0.05) is 25.2 Å². The third-order valence-electron chi connectivity index (χ3n) is 3.53. The summed E-state index contributed by atoms with van der Waals surface area (Å²) in [5, 5.41) is 10.7. The summed E-state index contributed by atoms with van der Waals surface area (Å²) < 4.78 is 1.70. The Balaban J connectivity index is 1.80. The zero-order valence-corrected chi connectivity index (χ0v) is 13.4. The van der Waals surface area contributed by atoms with E-state index in [-0.39, 0.29) is 11.7 Å². The number of aromatic nitrogens is 3. The van der Waals surface area contributed by atoms with Gasteiger partial charge < -0.3 is 5.32 Å². The van der Waals surface area contributed by atoms with E-state index in [0.717, 1.165) is 16.6 Å². The molecule has 1 N–H and O–H groups in total. The van der Waals surface area contributed by atoms with Crippen LogP contribution in [0.25, 0.3) is 17.1 Å². The van der Waals surface area contributed by atoms with Gasteiger partial charge in [-0.1, -0.05) is 29.5 Å². The molecule has 24 heavy (non-hydrogen) atoms. The molecule has 0 aliphatic heterocycles. The number of benzene rings is 2. The minimum Gasteiger partial charge on any atom is -0.326 e. The lowest BCUT2D eigenvalue weighted by Crippen LogP contribution is -2.06. The monoisotopic (exact) mass is 320 g/mol. The number of nitrogens with one attached hydrogen (secondary N) is 1. The second-order valence-electron chi connectivity index (χ2n) is 5.42. The average Bonchev–Trinajstić information content (AvgIpc) is 2.93. The Morgan fingerprint density at radius 2 is 2.00 bits per heavy atom. The number of anilines is 1. The Labute approximate surface area is 138 Å². The zero-order valence-electron chi connectivity index (χ0n) is 13.4. The van der Waals surface area contributed by atoms with Crippen LogP contribution in [-0.4, -0.2) is 26.7 Å². The first kappa shape index (κ1) is 15.6. The molecule has 0 fully saturated rings. The normalized spacial score (nSPS) is 11.1. The lowest BCUT2D eigenvalue weighted by molar-refractivity contribution is -0.114. The highest BCUT2D eigenvalue weighted by Crippen LogP contribution is 2.15. The summed E-state index contributed by atoms with van der Waals surface area (Å²) in [6.45, 7) is 1.43. The molecule has 6 nitrogen and oxygen atoms in total. The molecule has 0 aliphatic carbocycles. The maximum Gasteiger partial charge on any atom is 0.221 e. The lowest BCUT2D eigenvalue weighted by atomic mass is 10.1. The van der Waals surface area contributed by atoms with Crippen molar-refractivity contribution in [3.05, 3.63) is 59.7 Å². The maximum absolute atomic E-state index is 12.3. The van der Waals surface area contributed by atoms with Crippen LogP contribution < -0.4 is 5.32 Å². The maximum atomic E-state index is 12.3. The second kappa shape index (κ2) is 6.45. The fourth-order valence-corrected chi connectivity index (χ4v) is 2.38. The number of aryl methyl sites for hydroxylation is 1. The van der Waals surface area contributed by atoms with Crippen LogP contribution in [0.1, 0.15) is 22.8 Å². The van der Waals surface area contributed by atoms with E-state index in [1.165, 1.54) is 13.0 Å². The molecule has 0 aliphatic rings. The summed E-state index contributed by atoms with van der Waals surface area (Å²) in [4.78, 5) is 23.4. The van der Waals surface area contributed by atoms with Crippen LogP contribution in [0, 0.1) is 0 Å². The van der Waals surface area contributed by atoms with Gasteiger partial charge in [0.2, 0.25) is 5.91 Å². The van der Waals surface area contributed by atoms with E-state index in [1.54, 1.807) is 35.0 Å². The van der Waals surface area contributed by atoms with Crippen molar-refractivity contribution in [3.63, 3.8) is 0 Å². The van der Waals surface area contributed by atoms with Crippen LogP contribution in [0.4, 0.5) is 5.69 Å². The van der Waals surface area contributed by atoms with E-state index in [1.807, 2.05) is 25.2 Å². The van der Waals surface area contributed by atoms with Crippen LogP contribution >= 0.6 is 0 Å². The van der Waals surface area contributed by atoms with E-state index in [9.17, 15) is 9.59 Å². The van der Waals surface area contributed by atoms with Crippen molar-refractivity contribution < 1.29 is 9.59 Å². The number of rotatable bonds is 4. The third kappa shape index (κ3) is 3.38. The minimum absolute atomic E-state index is 0.138. The number of carbonyl (C=O) groups excluding carboxylic acids is 2. The molecule has 3 rings (SSSR count). The lowest BCUT2D eigenvalue weighted by Gasteiger charge is -2.03. The van der Waals surface area contributed by atoms with Crippen LogP contribution in [0.3, 0.4) is 0 Å². The summed E-state index contributed by atoms with van der Waals surface area (Å²) in [6.07, 6.45) is 3.24. The molecule has 1 amide bonds. The summed E-state index contributed by atoms with van der Waals surface area (Å²) >= 11 is 0. The predicted octanol–water partition coefficient (Wildman–Crippen LogP) is 2.82. The number of hydrogen-bond acceptors (Lipinski definition) is 4. The molecule has 0 atom stereocenters. The highest BCUT2D eigenvalue weighted by molar-refractivity contribution is 6.07. The number of allylic oxidation sites excluding steroid dienone is 1. The molecule has 0 spiro atoms. The molecule has 6 heteroatoms. The van der Waals surface area contributed by atoms with Crippen molar-refractivity contribution in [3.8, 4) is 0 Å². The van der Waals surface area contributed by atoms with Gasteiger partial charge in [0.25, 0.3) is 0 Å². The van der Waals surface area contributed by atoms with Gasteiger partial charge in [-0.25, -0.2) is 4.68 Å². The van der Waals surface area contributed by atoms with Gasteiger partial charge in [0.1, 0.15) is 5.52 Å². The molecule has 1 aromatic heterocycles. The number of ketones is 1. The van der Waals surface area contributed by atoms with Crippen molar-refractivity contribution in [2.24, 2.45) is 7.05 Å². The van der Waals surface area contributed by atoms with E-state index in [4.69, 9.17) is 0 Å². The first-order chi connectivity index (χ1) is 11.5. The van der Waals surface area contributed by atoms with E-state index < -0.39 is 0 Å². The smallest absolute Gasteiger partial charge is 0.221 e. The average molecular weight is 320 g/mol. The van der Waals surface area contributed by atoms with Crippen molar-refractivity contribution in [1.29, 1.82) is 0 Å². The van der Waals surface area contributed by atoms with E-state index in [2.05, 4.69) is 15.6 Å². The SMILES string of the molecule is CC(=O)Nc1cccc(C(=O)/C=C/c2ccc3c(c2)nnn3C)c1. The van der Waals surface area contributed by atoms with Gasteiger partial charge in [0.05, 0.1) is 5.52 Å². The Bertz CT molecular complexity index is 957. The van der Waals surface area contributed by atoms with Crippen LogP contribution in [0.15, 0.2) is 48.5 Å². The number of amides is 1. The van der Waals surface area contributed by atoms with Gasteiger partial charge in [-0.05, 0) is 35.9 Å². The van der Waals surface area contributed by atoms with Gasteiger partial charge in [-0.2, -0.15) is 0 Å². The molecule has 120 valence electrons. The molecule has 0 saturated carbocycles. The largest absolute Gasteiger partial charge is 0.326 e. The fraction of sp³-hybridized carbons (Fsp3) is 0.111. The number of fused-ring (bicyclic) bond motifs is 1. The minimum atomic E-state index is -0.174. The van der Waals surface area contributed by atoms with Gasteiger partial charge in [0.15, 0.2) is 5.78 Å². The Kier molecular flexibility index (Phi) is 4.20.